The lowest BCUT2D eigenvalue weighted by Crippen LogP contribution is -1.85. The fourth-order valence-corrected chi connectivity index (χ4v) is 1.33. The van der Waals surface area contributed by atoms with Crippen molar-refractivity contribution in [1.82, 2.24) is 0 Å². The number of para-hydroxylation sites is 1. The number of benzene rings is 1. The summed E-state index contributed by atoms with van der Waals surface area (Å²) in [5.74, 6) is 0.834. The molecule has 1 aromatic heterocycles. The number of rotatable bonds is 2. The van der Waals surface area contributed by atoms with Crippen LogP contribution in [0.25, 0.3) is 11.0 Å². The standard InChI is InChI=1S/C10H10O3/c11-5-4-8-6-7-2-1-3-9(12)10(7)13-8/h1-3,6,11-12H,4-5H2. The molecule has 0 aliphatic carbocycles. The zero-order chi connectivity index (χ0) is 9.26. The highest BCUT2D eigenvalue weighted by atomic mass is 16.4. The number of fused-ring (bicyclic) bond motifs is 1. The van der Waals surface area contributed by atoms with Gasteiger partial charge in [0.1, 0.15) is 5.76 Å². The van der Waals surface area contributed by atoms with E-state index in [1.165, 1.54) is 0 Å². The maximum atomic E-state index is 9.40. The third kappa shape index (κ3) is 1.38. The number of hydrogen-bond acceptors (Lipinski definition) is 3. The third-order valence-electron chi connectivity index (χ3n) is 1.93. The van der Waals surface area contributed by atoms with Gasteiger partial charge in [-0.2, -0.15) is 0 Å². The van der Waals surface area contributed by atoms with Crippen molar-refractivity contribution in [2.75, 3.05) is 6.61 Å². The van der Waals surface area contributed by atoms with Gasteiger partial charge in [-0.15, -0.1) is 0 Å². The molecular weight excluding hydrogens is 168 g/mol. The highest BCUT2D eigenvalue weighted by Gasteiger charge is 2.05. The molecule has 0 aliphatic rings. The van der Waals surface area contributed by atoms with Crippen molar-refractivity contribution in [3.05, 3.63) is 30.0 Å². The SMILES string of the molecule is OCCc1cc2cccc(O)c2o1. The molecule has 0 aliphatic heterocycles. The summed E-state index contributed by atoms with van der Waals surface area (Å²) in [5.41, 5.74) is 0.492. The molecule has 1 heterocycles. The van der Waals surface area contributed by atoms with Crippen molar-refractivity contribution < 1.29 is 14.6 Å². The van der Waals surface area contributed by atoms with Crippen LogP contribution < -0.4 is 0 Å². The van der Waals surface area contributed by atoms with Crippen LogP contribution in [0.1, 0.15) is 5.76 Å². The average Bonchev–Trinajstić information content (AvgIpc) is 2.49. The van der Waals surface area contributed by atoms with Crippen molar-refractivity contribution in [2.24, 2.45) is 0 Å². The minimum Gasteiger partial charge on any atom is -0.504 e. The molecule has 0 spiro atoms. The molecule has 68 valence electrons. The van der Waals surface area contributed by atoms with Crippen LogP contribution in [0, 0.1) is 0 Å². The number of phenolic OH excluding ortho intramolecular Hbond substituents is 1. The Bertz CT molecular complexity index is 417. The van der Waals surface area contributed by atoms with Gasteiger partial charge in [0.05, 0.1) is 6.61 Å². The quantitative estimate of drug-likeness (QED) is 0.735. The van der Waals surface area contributed by atoms with Gasteiger partial charge >= 0.3 is 0 Å². The lowest BCUT2D eigenvalue weighted by molar-refractivity contribution is 0.289. The van der Waals surface area contributed by atoms with E-state index in [0.717, 1.165) is 5.39 Å². The van der Waals surface area contributed by atoms with E-state index in [1.54, 1.807) is 12.1 Å². The summed E-state index contributed by atoms with van der Waals surface area (Å²) in [7, 11) is 0. The summed E-state index contributed by atoms with van der Waals surface area (Å²) in [6, 6.07) is 7.02. The number of hydrogen-bond donors (Lipinski definition) is 2. The Morgan fingerprint density at radius 1 is 1.31 bits per heavy atom. The van der Waals surface area contributed by atoms with E-state index < -0.39 is 0 Å². The molecule has 2 aromatic rings. The second-order valence-corrected chi connectivity index (χ2v) is 2.88. The predicted octanol–water partition coefficient (Wildman–Crippen LogP) is 1.67. The molecule has 0 amide bonds. The fourth-order valence-electron chi connectivity index (χ4n) is 1.33. The van der Waals surface area contributed by atoms with Gasteiger partial charge in [0, 0.05) is 11.8 Å². The van der Waals surface area contributed by atoms with Crippen LogP contribution in [0.2, 0.25) is 0 Å². The monoisotopic (exact) mass is 178 g/mol. The Kier molecular flexibility index (Phi) is 1.94. The van der Waals surface area contributed by atoms with Gasteiger partial charge in [0.2, 0.25) is 0 Å². The van der Waals surface area contributed by atoms with Crippen LogP contribution in [0.5, 0.6) is 5.75 Å². The highest BCUT2D eigenvalue weighted by molar-refractivity contribution is 5.83. The molecule has 0 saturated carbocycles. The van der Waals surface area contributed by atoms with Gasteiger partial charge in [-0.05, 0) is 12.1 Å². The van der Waals surface area contributed by atoms with Gasteiger partial charge in [-0.1, -0.05) is 12.1 Å². The molecule has 3 nitrogen and oxygen atoms in total. The van der Waals surface area contributed by atoms with Gasteiger partial charge in [-0.25, -0.2) is 0 Å². The first-order valence-corrected chi connectivity index (χ1v) is 4.12. The molecule has 0 bridgehead atoms. The normalized spacial score (nSPS) is 10.8. The fraction of sp³-hybridized carbons (Fsp3) is 0.200. The van der Waals surface area contributed by atoms with Crippen LogP contribution in [0.4, 0.5) is 0 Å². The zero-order valence-corrected chi connectivity index (χ0v) is 7.03. The Morgan fingerprint density at radius 2 is 2.15 bits per heavy atom. The minimum atomic E-state index is 0.0561. The topological polar surface area (TPSA) is 53.6 Å². The molecular formula is C10H10O3. The highest BCUT2D eigenvalue weighted by Crippen LogP contribution is 2.27. The second kappa shape index (κ2) is 3.11. The maximum Gasteiger partial charge on any atom is 0.175 e. The Labute approximate surface area is 75.2 Å². The van der Waals surface area contributed by atoms with Crippen molar-refractivity contribution in [3.63, 3.8) is 0 Å². The summed E-state index contributed by atoms with van der Waals surface area (Å²) in [6.45, 7) is 0.0561. The molecule has 13 heavy (non-hydrogen) atoms. The van der Waals surface area contributed by atoms with E-state index in [9.17, 15) is 5.11 Å². The molecule has 0 unspecified atom stereocenters. The number of furan rings is 1. The van der Waals surface area contributed by atoms with Crippen molar-refractivity contribution in [3.8, 4) is 5.75 Å². The maximum absolute atomic E-state index is 9.40. The van der Waals surface area contributed by atoms with Crippen LogP contribution in [0.3, 0.4) is 0 Å². The lowest BCUT2D eigenvalue weighted by atomic mass is 10.2. The van der Waals surface area contributed by atoms with Crippen molar-refractivity contribution in [2.45, 2.75) is 6.42 Å². The first-order chi connectivity index (χ1) is 6.31. The van der Waals surface area contributed by atoms with E-state index in [2.05, 4.69) is 0 Å². The van der Waals surface area contributed by atoms with Crippen LogP contribution >= 0.6 is 0 Å². The summed E-state index contributed by atoms with van der Waals surface area (Å²) in [4.78, 5) is 0. The summed E-state index contributed by atoms with van der Waals surface area (Å²) in [6.07, 6.45) is 0.480. The van der Waals surface area contributed by atoms with E-state index in [1.807, 2.05) is 12.1 Å². The summed E-state index contributed by atoms with van der Waals surface area (Å²) in [5, 5.41) is 19.0. The molecule has 2 rings (SSSR count). The second-order valence-electron chi connectivity index (χ2n) is 2.88. The van der Waals surface area contributed by atoms with E-state index >= 15 is 0 Å². The van der Waals surface area contributed by atoms with Gasteiger partial charge in [0.25, 0.3) is 0 Å². The van der Waals surface area contributed by atoms with Gasteiger partial charge < -0.3 is 14.6 Å². The van der Waals surface area contributed by atoms with E-state index in [-0.39, 0.29) is 12.4 Å². The largest absolute Gasteiger partial charge is 0.504 e. The van der Waals surface area contributed by atoms with Gasteiger partial charge in [-0.3, -0.25) is 0 Å². The molecule has 3 heteroatoms. The molecule has 0 radical (unpaired) electrons. The first-order valence-electron chi connectivity index (χ1n) is 4.12. The summed E-state index contributed by atoms with van der Waals surface area (Å²) < 4.78 is 5.33. The van der Waals surface area contributed by atoms with Crippen molar-refractivity contribution >= 4 is 11.0 Å². The van der Waals surface area contributed by atoms with E-state index in [4.69, 9.17) is 9.52 Å². The Balaban J connectivity index is 2.55. The predicted molar refractivity (Wildman–Crippen MR) is 48.7 cm³/mol. The molecule has 1 aromatic carbocycles. The number of aliphatic hydroxyl groups excluding tert-OH is 1. The zero-order valence-electron chi connectivity index (χ0n) is 7.03. The minimum absolute atomic E-state index is 0.0561. The van der Waals surface area contributed by atoms with Crippen LogP contribution in [-0.2, 0) is 6.42 Å². The molecule has 0 saturated heterocycles. The third-order valence-corrected chi connectivity index (χ3v) is 1.93. The smallest absolute Gasteiger partial charge is 0.175 e. The van der Waals surface area contributed by atoms with Gasteiger partial charge in [0.15, 0.2) is 11.3 Å². The number of aliphatic hydroxyl groups is 1. The summed E-state index contributed by atoms with van der Waals surface area (Å²) >= 11 is 0. The Hall–Kier alpha value is -1.48. The van der Waals surface area contributed by atoms with E-state index in [0.29, 0.717) is 17.8 Å². The van der Waals surface area contributed by atoms with Crippen LogP contribution in [0.15, 0.2) is 28.7 Å². The Morgan fingerprint density at radius 3 is 2.85 bits per heavy atom. The number of aromatic hydroxyl groups is 1. The molecule has 0 fully saturated rings. The average molecular weight is 178 g/mol. The number of phenols is 1. The first kappa shape index (κ1) is 8.13. The van der Waals surface area contributed by atoms with Crippen LogP contribution in [-0.4, -0.2) is 16.8 Å². The molecule has 0 atom stereocenters. The lowest BCUT2D eigenvalue weighted by Gasteiger charge is -1.91. The van der Waals surface area contributed by atoms with Crippen molar-refractivity contribution in [1.29, 1.82) is 0 Å². The molecule has 2 N–H and O–H groups in total.